The first-order valence-electron chi connectivity index (χ1n) is 5.62. The third-order valence-electron chi connectivity index (χ3n) is 2.84. The number of hydrogen-bond acceptors (Lipinski definition) is 2. The van der Waals surface area contributed by atoms with Crippen LogP contribution in [0.5, 0.6) is 0 Å². The third-order valence-corrected chi connectivity index (χ3v) is 2.84. The van der Waals surface area contributed by atoms with Gasteiger partial charge < -0.3 is 10.6 Å². The van der Waals surface area contributed by atoms with Crippen LogP contribution in [0.1, 0.15) is 33.6 Å². The number of nitrogens with one attached hydrogen (secondary N) is 2. The molecule has 0 bridgehead atoms. The summed E-state index contributed by atoms with van der Waals surface area (Å²) in [4.78, 5) is 11.2. The Balaban J connectivity index is 1.95. The second-order valence-electron chi connectivity index (χ2n) is 4.55. The maximum Gasteiger partial charge on any atom is 0.223 e. The van der Waals surface area contributed by atoms with Crippen molar-refractivity contribution in [3.63, 3.8) is 0 Å². The van der Waals surface area contributed by atoms with Crippen molar-refractivity contribution in [1.29, 1.82) is 0 Å². The number of hydrogen-bond donors (Lipinski definition) is 2. The normalized spacial score (nSPS) is 18.3. The smallest absolute Gasteiger partial charge is 0.223 e. The molecule has 1 atom stereocenters. The monoisotopic (exact) mass is 198 g/mol. The van der Waals surface area contributed by atoms with Gasteiger partial charge >= 0.3 is 0 Å². The minimum absolute atomic E-state index is 0.240. The van der Waals surface area contributed by atoms with E-state index in [1.54, 1.807) is 0 Å². The minimum Gasteiger partial charge on any atom is -0.355 e. The average Bonchev–Trinajstić information content (AvgIpc) is 2.94. The van der Waals surface area contributed by atoms with Gasteiger partial charge in [0.15, 0.2) is 0 Å². The largest absolute Gasteiger partial charge is 0.355 e. The number of rotatable bonds is 6. The molecule has 3 nitrogen and oxygen atoms in total. The van der Waals surface area contributed by atoms with Gasteiger partial charge in [0.2, 0.25) is 5.91 Å². The van der Waals surface area contributed by atoms with E-state index in [9.17, 15) is 4.79 Å². The van der Waals surface area contributed by atoms with Gasteiger partial charge in [-0.1, -0.05) is 13.8 Å². The summed E-state index contributed by atoms with van der Waals surface area (Å²) in [5.41, 5.74) is 0. The van der Waals surface area contributed by atoms with Crippen molar-refractivity contribution in [2.45, 2.75) is 39.7 Å². The first kappa shape index (κ1) is 11.5. The highest BCUT2D eigenvalue weighted by Gasteiger charge is 2.28. The Labute approximate surface area is 86.6 Å². The molecule has 2 N–H and O–H groups in total. The lowest BCUT2D eigenvalue weighted by molar-refractivity contribution is -0.122. The Bertz CT molecular complexity index is 188. The number of carbonyl (C=O) groups is 1. The highest BCUT2D eigenvalue weighted by atomic mass is 16.2. The summed E-state index contributed by atoms with van der Waals surface area (Å²) < 4.78 is 0. The minimum atomic E-state index is 0.240. The van der Waals surface area contributed by atoms with Gasteiger partial charge in [-0.3, -0.25) is 4.79 Å². The zero-order chi connectivity index (χ0) is 10.6. The van der Waals surface area contributed by atoms with Crippen LogP contribution >= 0.6 is 0 Å². The molecule has 0 unspecified atom stereocenters. The molecule has 0 aromatic carbocycles. The molecular weight excluding hydrogens is 176 g/mol. The molecular formula is C11H22N2O. The number of carbonyl (C=O) groups excluding carboxylic acids is 1. The van der Waals surface area contributed by atoms with Crippen LogP contribution in [0.4, 0.5) is 0 Å². The summed E-state index contributed by atoms with van der Waals surface area (Å²) in [6.45, 7) is 8.19. The molecule has 82 valence electrons. The molecule has 1 fully saturated rings. The van der Waals surface area contributed by atoms with Gasteiger partial charge in [-0.25, -0.2) is 0 Å². The van der Waals surface area contributed by atoms with Crippen LogP contribution in [0, 0.1) is 11.8 Å². The predicted octanol–water partition coefficient (Wildman–Crippen LogP) is 1.15. The van der Waals surface area contributed by atoms with Crippen LogP contribution < -0.4 is 10.6 Å². The maximum atomic E-state index is 11.2. The summed E-state index contributed by atoms with van der Waals surface area (Å²) in [5.74, 6) is 1.22. The molecule has 0 radical (unpaired) electrons. The van der Waals surface area contributed by atoms with E-state index in [0.29, 0.717) is 17.9 Å². The van der Waals surface area contributed by atoms with Gasteiger partial charge in [0, 0.05) is 25.0 Å². The van der Waals surface area contributed by atoms with Crippen LogP contribution in [0.3, 0.4) is 0 Å². The lowest BCUT2D eigenvalue weighted by Crippen LogP contribution is -2.38. The molecule has 3 heteroatoms. The zero-order valence-electron chi connectivity index (χ0n) is 9.47. The molecule has 0 aliphatic heterocycles. The first-order chi connectivity index (χ1) is 6.61. The third kappa shape index (κ3) is 4.09. The standard InChI is InChI=1S/C11H22N2O/c1-8(2)9(3)12-6-7-13-11(14)10-4-5-10/h8-10,12H,4-7H2,1-3H3,(H,13,14)/t9-/m0/s1. The van der Waals surface area contributed by atoms with Crippen LogP contribution in [0.2, 0.25) is 0 Å². The molecule has 0 spiro atoms. The zero-order valence-corrected chi connectivity index (χ0v) is 9.47. The van der Waals surface area contributed by atoms with E-state index < -0.39 is 0 Å². The fraction of sp³-hybridized carbons (Fsp3) is 0.909. The van der Waals surface area contributed by atoms with E-state index in [0.717, 1.165) is 25.9 Å². The predicted molar refractivity (Wildman–Crippen MR) is 58.0 cm³/mol. The van der Waals surface area contributed by atoms with Crippen LogP contribution in [-0.2, 0) is 4.79 Å². The van der Waals surface area contributed by atoms with Crippen molar-refractivity contribution in [3.8, 4) is 0 Å². The van der Waals surface area contributed by atoms with E-state index in [-0.39, 0.29) is 5.91 Å². The van der Waals surface area contributed by atoms with E-state index >= 15 is 0 Å². The van der Waals surface area contributed by atoms with E-state index in [1.165, 1.54) is 0 Å². The molecule has 1 aliphatic rings. The summed E-state index contributed by atoms with van der Waals surface area (Å²) in [7, 11) is 0. The summed E-state index contributed by atoms with van der Waals surface area (Å²) in [5, 5.41) is 6.32. The molecule has 0 aromatic rings. The Kier molecular flexibility index (Phi) is 4.39. The Morgan fingerprint density at radius 2 is 1.93 bits per heavy atom. The Morgan fingerprint density at radius 3 is 2.43 bits per heavy atom. The SMILES string of the molecule is CC(C)[C@H](C)NCCNC(=O)C1CC1. The van der Waals surface area contributed by atoms with Crippen molar-refractivity contribution >= 4 is 5.91 Å². The van der Waals surface area contributed by atoms with Crippen LogP contribution in [0.25, 0.3) is 0 Å². The van der Waals surface area contributed by atoms with Gasteiger partial charge in [0.05, 0.1) is 0 Å². The van der Waals surface area contributed by atoms with Crippen LogP contribution in [0.15, 0.2) is 0 Å². The summed E-state index contributed by atoms with van der Waals surface area (Å²) in [6.07, 6.45) is 2.17. The molecule has 14 heavy (non-hydrogen) atoms. The number of amides is 1. The molecule has 1 rings (SSSR count). The van der Waals surface area contributed by atoms with Crippen molar-refractivity contribution in [1.82, 2.24) is 10.6 Å². The Hall–Kier alpha value is -0.570. The van der Waals surface area contributed by atoms with Gasteiger partial charge in [-0.15, -0.1) is 0 Å². The molecule has 0 aromatic heterocycles. The summed E-state index contributed by atoms with van der Waals surface area (Å²) in [6, 6.07) is 0.521. The lowest BCUT2D eigenvalue weighted by atomic mass is 10.1. The van der Waals surface area contributed by atoms with E-state index in [1.807, 2.05) is 0 Å². The van der Waals surface area contributed by atoms with E-state index in [2.05, 4.69) is 31.4 Å². The second kappa shape index (κ2) is 5.35. The van der Waals surface area contributed by atoms with Gasteiger partial charge in [0.25, 0.3) is 0 Å². The fourth-order valence-electron chi connectivity index (χ4n) is 1.21. The molecule has 1 amide bonds. The molecule has 0 heterocycles. The lowest BCUT2D eigenvalue weighted by Gasteiger charge is -2.17. The van der Waals surface area contributed by atoms with Gasteiger partial charge in [-0.2, -0.15) is 0 Å². The second-order valence-corrected chi connectivity index (χ2v) is 4.55. The first-order valence-corrected chi connectivity index (χ1v) is 5.62. The van der Waals surface area contributed by atoms with Crippen LogP contribution in [-0.4, -0.2) is 25.0 Å². The van der Waals surface area contributed by atoms with Gasteiger partial charge in [0.1, 0.15) is 0 Å². The quantitative estimate of drug-likeness (QED) is 0.629. The highest BCUT2D eigenvalue weighted by Crippen LogP contribution is 2.28. The average molecular weight is 198 g/mol. The fourth-order valence-corrected chi connectivity index (χ4v) is 1.21. The van der Waals surface area contributed by atoms with Crippen molar-refractivity contribution in [2.75, 3.05) is 13.1 Å². The Morgan fingerprint density at radius 1 is 1.29 bits per heavy atom. The molecule has 0 saturated heterocycles. The highest BCUT2D eigenvalue weighted by molar-refractivity contribution is 5.80. The topological polar surface area (TPSA) is 41.1 Å². The summed E-state index contributed by atoms with van der Waals surface area (Å²) >= 11 is 0. The van der Waals surface area contributed by atoms with Crippen molar-refractivity contribution in [2.24, 2.45) is 11.8 Å². The van der Waals surface area contributed by atoms with Crippen molar-refractivity contribution < 1.29 is 4.79 Å². The molecule has 1 saturated carbocycles. The van der Waals surface area contributed by atoms with Crippen molar-refractivity contribution in [3.05, 3.63) is 0 Å². The van der Waals surface area contributed by atoms with Gasteiger partial charge in [-0.05, 0) is 25.7 Å². The van der Waals surface area contributed by atoms with E-state index in [4.69, 9.17) is 0 Å². The maximum absolute atomic E-state index is 11.2. The molecule has 1 aliphatic carbocycles.